The predicted molar refractivity (Wildman–Crippen MR) is 61.7 cm³/mol. The summed E-state index contributed by atoms with van der Waals surface area (Å²) in [5.41, 5.74) is 0.599. The number of thiophene rings is 1. The summed E-state index contributed by atoms with van der Waals surface area (Å²) in [6, 6.07) is 1.64. The van der Waals surface area contributed by atoms with Crippen molar-refractivity contribution in [3.05, 3.63) is 34.3 Å². The normalized spacial score (nSPS) is 10.5. The Bertz CT molecular complexity index is 562. The van der Waals surface area contributed by atoms with Crippen LogP contribution in [-0.2, 0) is 0 Å². The van der Waals surface area contributed by atoms with Crippen LogP contribution < -0.4 is 0 Å². The summed E-state index contributed by atoms with van der Waals surface area (Å²) in [4.78, 5) is 15.7. The van der Waals surface area contributed by atoms with Crippen molar-refractivity contribution in [3.63, 3.8) is 0 Å². The number of aromatic carboxylic acids is 1. The van der Waals surface area contributed by atoms with Crippen LogP contribution >= 0.6 is 22.9 Å². The van der Waals surface area contributed by atoms with E-state index in [4.69, 9.17) is 16.7 Å². The highest BCUT2D eigenvalue weighted by molar-refractivity contribution is 7.20. The van der Waals surface area contributed by atoms with Gasteiger partial charge >= 0.3 is 5.97 Å². The van der Waals surface area contributed by atoms with E-state index in [0.717, 1.165) is 0 Å². The predicted octanol–water partition coefficient (Wildman–Crippen LogP) is 3.29. The Hall–Kier alpha value is -1.39. The summed E-state index contributed by atoms with van der Waals surface area (Å²) in [5.74, 6) is -1.01. The molecule has 2 aromatic rings. The van der Waals surface area contributed by atoms with Crippen LogP contribution in [0.15, 0.2) is 18.8 Å². The highest BCUT2D eigenvalue weighted by Gasteiger charge is 2.18. The Labute approximate surface area is 94.6 Å². The smallest absolute Gasteiger partial charge is 0.339 e. The van der Waals surface area contributed by atoms with E-state index in [1.54, 1.807) is 6.07 Å². The molecule has 0 saturated heterocycles. The number of carbonyl (C=O) groups is 1. The maximum atomic E-state index is 11.0. The molecule has 76 valence electrons. The van der Waals surface area contributed by atoms with Crippen molar-refractivity contribution >= 4 is 45.2 Å². The van der Waals surface area contributed by atoms with Gasteiger partial charge in [-0.2, -0.15) is 0 Å². The van der Waals surface area contributed by atoms with Crippen molar-refractivity contribution < 1.29 is 9.90 Å². The first-order chi connectivity index (χ1) is 7.15. The fourth-order valence-electron chi connectivity index (χ4n) is 1.33. The van der Waals surface area contributed by atoms with Crippen molar-refractivity contribution in [3.8, 4) is 0 Å². The van der Waals surface area contributed by atoms with Crippen LogP contribution in [0.4, 0.5) is 0 Å². The first-order valence-electron chi connectivity index (χ1n) is 4.08. The Morgan fingerprint density at radius 3 is 3.00 bits per heavy atom. The molecule has 0 aliphatic rings. The monoisotopic (exact) mass is 239 g/mol. The maximum Gasteiger partial charge on any atom is 0.339 e. The zero-order valence-electron chi connectivity index (χ0n) is 7.53. The number of fused-ring (bicyclic) bond motifs is 1. The van der Waals surface area contributed by atoms with Gasteiger partial charge in [-0.25, -0.2) is 4.79 Å². The van der Waals surface area contributed by atoms with Gasteiger partial charge in [-0.1, -0.05) is 24.3 Å². The number of hydrogen-bond acceptors (Lipinski definition) is 3. The van der Waals surface area contributed by atoms with Crippen LogP contribution in [-0.4, -0.2) is 16.1 Å². The first-order valence-corrected chi connectivity index (χ1v) is 5.27. The van der Waals surface area contributed by atoms with Crippen LogP contribution in [0.2, 0.25) is 5.02 Å². The number of aromatic nitrogens is 1. The van der Waals surface area contributed by atoms with Crippen LogP contribution in [0, 0.1) is 0 Å². The van der Waals surface area contributed by atoms with Gasteiger partial charge in [0.2, 0.25) is 0 Å². The molecule has 2 aromatic heterocycles. The number of hydrogen-bond donors (Lipinski definition) is 1. The van der Waals surface area contributed by atoms with Gasteiger partial charge < -0.3 is 5.11 Å². The van der Waals surface area contributed by atoms with Gasteiger partial charge in [0.1, 0.15) is 5.56 Å². The van der Waals surface area contributed by atoms with E-state index in [9.17, 15) is 4.79 Å². The summed E-state index contributed by atoms with van der Waals surface area (Å²) >= 11 is 7.23. The largest absolute Gasteiger partial charge is 0.478 e. The van der Waals surface area contributed by atoms with Crippen molar-refractivity contribution in [1.29, 1.82) is 0 Å². The minimum absolute atomic E-state index is 0.174. The van der Waals surface area contributed by atoms with Gasteiger partial charge in [0.05, 0.1) is 15.2 Å². The Morgan fingerprint density at radius 2 is 2.40 bits per heavy atom. The number of halogens is 1. The van der Waals surface area contributed by atoms with E-state index in [1.165, 1.54) is 23.6 Å². The molecular weight excluding hydrogens is 234 g/mol. The third kappa shape index (κ3) is 1.52. The Kier molecular flexibility index (Phi) is 2.46. The summed E-state index contributed by atoms with van der Waals surface area (Å²) < 4.78 is 0.687. The van der Waals surface area contributed by atoms with Crippen molar-refractivity contribution in [2.45, 2.75) is 0 Å². The van der Waals surface area contributed by atoms with E-state index in [0.29, 0.717) is 20.1 Å². The second-order valence-corrected chi connectivity index (χ2v) is 4.28. The van der Waals surface area contributed by atoms with Gasteiger partial charge in [0.15, 0.2) is 0 Å². The molecule has 0 fully saturated rings. The third-order valence-corrected chi connectivity index (χ3v) is 3.59. The van der Waals surface area contributed by atoms with Gasteiger partial charge in [0, 0.05) is 11.1 Å². The molecule has 0 spiro atoms. The molecule has 0 aliphatic carbocycles. The molecule has 2 rings (SSSR count). The molecule has 0 saturated carbocycles. The van der Waals surface area contributed by atoms with Gasteiger partial charge in [-0.05, 0) is 6.07 Å². The van der Waals surface area contributed by atoms with Crippen molar-refractivity contribution in [1.82, 2.24) is 4.98 Å². The number of carboxylic acids is 1. The highest BCUT2D eigenvalue weighted by atomic mass is 35.5. The molecule has 2 heterocycles. The zero-order valence-corrected chi connectivity index (χ0v) is 9.10. The summed E-state index contributed by atoms with van der Waals surface area (Å²) in [6.07, 6.45) is 3.00. The van der Waals surface area contributed by atoms with Crippen molar-refractivity contribution in [2.24, 2.45) is 0 Å². The number of carboxylic acid groups (broad SMARTS) is 1. The van der Waals surface area contributed by atoms with E-state index in [-0.39, 0.29) is 5.56 Å². The quantitative estimate of drug-likeness (QED) is 0.875. The lowest BCUT2D eigenvalue weighted by Crippen LogP contribution is -1.97. The minimum Gasteiger partial charge on any atom is -0.478 e. The number of nitrogens with zero attached hydrogens (tertiary/aromatic N) is 1. The second-order valence-electron chi connectivity index (χ2n) is 2.82. The molecule has 0 unspecified atom stereocenters. The van der Waals surface area contributed by atoms with Gasteiger partial charge in [-0.15, -0.1) is 11.3 Å². The SMILES string of the molecule is C=Cc1sc2c(Cl)ccnc2c1C(=O)O. The third-order valence-electron chi connectivity index (χ3n) is 1.95. The minimum atomic E-state index is -1.01. The molecule has 0 bridgehead atoms. The topological polar surface area (TPSA) is 50.2 Å². The summed E-state index contributed by atoms with van der Waals surface area (Å²) in [5, 5.41) is 9.56. The summed E-state index contributed by atoms with van der Waals surface area (Å²) in [6.45, 7) is 3.58. The molecule has 0 aliphatic heterocycles. The van der Waals surface area contributed by atoms with Crippen LogP contribution in [0.5, 0.6) is 0 Å². The average molecular weight is 240 g/mol. The van der Waals surface area contributed by atoms with Crippen LogP contribution in [0.25, 0.3) is 16.3 Å². The van der Waals surface area contributed by atoms with E-state index in [2.05, 4.69) is 11.6 Å². The first kappa shape index (κ1) is 10.1. The standard InChI is InChI=1S/C10H6ClNO2S/c1-2-6-7(10(13)14)8-9(15-6)5(11)3-4-12-8/h2-4H,1H2,(H,13,14). The molecule has 1 N–H and O–H groups in total. The van der Waals surface area contributed by atoms with Crippen LogP contribution in [0.3, 0.4) is 0 Å². The van der Waals surface area contributed by atoms with Gasteiger partial charge in [0.25, 0.3) is 0 Å². The maximum absolute atomic E-state index is 11.0. The molecule has 15 heavy (non-hydrogen) atoms. The lowest BCUT2D eigenvalue weighted by atomic mass is 10.2. The molecule has 0 amide bonds. The zero-order chi connectivity index (χ0) is 11.0. The van der Waals surface area contributed by atoms with E-state index >= 15 is 0 Å². The molecule has 5 heteroatoms. The number of pyridine rings is 1. The average Bonchev–Trinajstić information content (AvgIpc) is 2.57. The lowest BCUT2D eigenvalue weighted by molar-refractivity contribution is 0.0699. The van der Waals surface area contributed by atoms with Crippen LogP contribution in [0.1, 0.15) is 15.2 Å². The molecule has 3 nitrogen and oxygen atoms in total. The van der Waals surface area contributed by atoms with Crippen molar-refractivity contribution in [2.75, 3.05) is 0 Å². The second kappa shape index (κ2) is 3.64. The summed E-state index contributed by atoms with van der Waals surface area (Å²) in [7, 11) is 0. The van der Waals surface area contributed by atoms with E-state index < -0.39 is 5.97 Å². The lowest BCUT2D eigenvalue weighted by Gasteiger charge is -1.93. The molecule has 0 radical (unpaired) electrons. The highest BCUT2D eigenvalue weighted by Crippen LogP contribution is 2.35. The Balaban J connectivity index is 2.92. The van der Waals surface area contributed by atoms with E-state index in [1.807, 2.05) is 0 Å². The number of rotatable bonds is 2. The molecule has 0 aromatic carbocycles. The van der Waals surface area contributed by atoms with Gasteiger partial charge in [-0.3, -0.25) is 4.98 Å². The fourth-order valence-corrected chi connectivity index (χ4v) is 2.60. The molecule has 0 atom stereocenters. The molecular formula is C10H6ClNO2S. The fraction of sp³-hybridized carbons (Fsp3) is 0. The Morgan fingerprint density at radius 1 is 1.67 bits per heavy atom.